The van der Waals surface area contributed by atoms with Crippen molar-refractivity contribution in [2.45, 2.75) is 70.3 Å². The second-order valence-corrected chi connectivity index (χ2v) is 11.1. The summed E-state index contributed by atoms with van der Waals surface area (Å²) in [6.07, 6.45) is 3.71. The van der Waals surface area contributed by atoms with Gasteiger partial charge in [-0.2, -0.15) is 0 Å². The van der Waals surface area contributed by atoms with Gasteiger partial charge in [0.05, 0.1) is 52.9 Å². The van der Waals surface area contributed by atoms with E-state index in [9.17, 15) is 33.8 Å². The molecule has 0 saturated carbocycles. The Labute approximate surface area is 247 Å². The molecule has 4 N–H and O–H groups in total. The molecule has 14 nitrogen and oxygen atoms in total. The number of carboxylic acids is 1. The minimum Gasteiger partial charge on any atom is -0.488 e. The van der Waals surface area contributed by atoms with E-state index < -0.39 is 43.7 Å². The maximum atomic E-state index is 13.1. The number of carbonyl (C=O) groups is 3. The average Bonchev–Trinajstić information content (AvgIpc) is 2.94. The third-order valence-electron chi connectivity index (χ3n) is 6.43. The number of hydrogen-bond donors (Lipinski definition) is 4. The van der Waals surface area contributed by atoms with Gasteiger partial charge >= 0.3 is 13.8 Å². The number of esters is 2. The van der Waals surface area contributed by atoms with Crippen LogP contribution in [0.25, 0.3) is 0 Å². The van der Waals surface area contributed by atoms with Gasteiger partial charge in [-0.25, -0.2) is 10.5 Å². The van der Waals surface area contributed by atoms with Crippen molar-refractivity contribution in [3.8, 4) is 0 Å². The molecule has 0 spiro atoms. The van der Waals surface area contributed by atoms with E-state index in [0.717, 1.165) is 32.1 Å². The number of rotatable bonds is 19. The number of aliphatic hydroxyl groups excluding tert-OH is 1. The molecule has 0 aromatic carbocycles. The van der Waals surface area contributed by atoms with Crippen LogP contribution in [0, 0.1) is 24.7 Å². The fourth-order valence-electron chi connectivity index (χ4n) is 4.27. The first kappa shape index (κ1) is 42.4. The number of cyclic esters (lactones) is 1. The van der Waals surface area contributed by atoms with Crippen LogP contribution in [0.4, 0.5) is 0 Å². The largest absolute Gasteiger partial charge is 0.488 e. The van der Waals surface area contributed by atoms with Crippen LogP contribution in [0.2, 0.25) is 0 Å². The van der Waals surface area contributed by atoms with Crippen molar-refractivity contribution < 1.29 is 67.2 Å². The Hall–Kier alpha value is -3.77. The number of ether oxygens (including phenoxy) is 5. The van der Waals surface area contributed by atoms with Crippen LogP contribution in [-0.4, -0.2) is 103 Å². The molecule has 3 atom stereocenters. The number of hydrogen-bond acceptors (Lipinski definition) is 11. The van der Waals surface area contributed by atoms with Gasteiger partial charge in [0.25, 0.3) is 5.97 Å². The first-order valence-electron chi connectivity index (χ1n) is 14.4. The van der Waals surface area contributed by atoms with E-state index in [1.807, 2.05) is 0 Å². The van der Waals surface area contributed by atoms with Crippen LogP contribution in [0.15, 0.2) is 0 Å². The zero-order valence-electron chi connectivity index (χ0n) is 25.6. The van der Waals surface area contributed by atoms with Crippen molar-refractivity contribution in [1.29, 1.82) is 0 Å². The molecule has 1 heterocycles. The van der Waals surface area contributed by atoms with Crippen LogP contribution >= 0.6 is 7.82 Å². The topological polar surface area (TPSA) is 205 Å². The number of carboxylic acid groups (broad SMARTS) is 1. The van der Waals surface area contributed by atoms with E-state index in [0.29, 0.717) is 26.1 Å². The average molecular weight is 1160 g/mol. The third kappa shape index (κ3) is 20.2. The number of aliphatic hydroxyl groups is 1. The zero-order valence-corrected chi connectivity index (χ0v) is 39.3. The van der Waals surface area contributed by atoms with Crippen molar-refractivity contribution in [3.63, 3.8) is 0 Å². The molecule has 1 saturated heterocycles. The standard InChI is InChI=1S/C27H47O14P.2Rf/c1-21(25(29)30)19-22(26(31)40-18-17-38-16-15-37-14-13-36-12-10-28)20-23-24(41-42(33,34)35)9-7-5-3-2-4-6-8-11-39-27(23)32;;/h21-22,24,28H,1-20H2,(H,29,30)(H2,33,34,35);;/q-2;;. The molecule has 250 valence electrons. The quantitative estimate of drug-likeness (QED) is 0.0635. The molecule has 44 heavy (non-hydrogen) atoms. The number of phosphoric acid groups is 1. The van der Waals surface area contributed by atoms with Crippen molar-refractivity contribution in [2.24, 2.45) is 11.8 Å². The zero-order chi connectivity index (χ0) is 31.2. The second-order valence-electron chi connectivity index (χ2n) is 9.91. The minimum atomic E-state index is -5.03. The molecule has 0 bridgehead atoms. The van der Waals surface area contributed by atoms with E-state index in [1.165, 1.54) is 0 Å². The molecule has 17 heteroatoms. The maximum absolute atomic E-state index is 13.1. The summed E-state index contributed by atoms with van der Waals surface area (Å²) in [6.45, 7) is 4.80. The van der Waals surface area contributed by atoms with E-state index in [4.69, 9.17) is 33.3 Å². The molecule has 0 aliphatic carbocycles. The molecule has 0 aromatic heterocycles. The Morgan fingerprint density at radius 3 is 1.98 bits per heavy atom. The van der Waals surface area contributed by atoms with Gasteiger partial charge < -0.3 is 55.1 Å². The molecule has 3 unspecified atom stereocenters. The molecule has 1 aliphatic heterocycles. The summed E-state index contributed by atoms with van der Waals surface area (Å²) >= 11 is 0. The first-order chi connectivity index (χ1) is 20.0. The Bertz CT molecular complexity index is 815. The van der Waals surface area contributed by atoms with Gasteiger partial charge in [0.2, 0.25) is 0 Å². The molecule has 0 aromatic rings. The number of carbonyl (C=O) groups excluding carboxylic acids is 2. The molecule has 1 aliphatic rings. The van der Waals surface area contributed by atoms with E-state index in [1.54, 1.807) is 0 Å². The summed E-state index contributed by atoms with van der Waals surface area (Å²) < 4.78 is 43.2. The molecule has 1 fully saturated rings. The van der Waals surface area contributed by atoms with Crippen molar-refractivity contribution in [2.75, 3.05) is 59.5 Å². The second kappa shape index (κ2) is 24.6. The Balaban J connectivity index is 0. The Kier molecular flexibility index (Phi) is 23.7. The third-order valence-corrected chi connectivity index (χ3v) is 6.96. The van der Waals surface area contributed by atoms with Gasteiger partial charge in [0.15, 0.2) is 5.97 Å². The first-order valence-corrected chi connectivity index (χ1v) is 15.9. The van der Waals surface area contributed by atoms with E-state index in [2.05, 4.69) is 6.92 Å². The van der Waals surface area contributed by atoms with Gasteiger partial charge in [-0.05, 0) is 12.5 Å². The predicted molar refractivity (Wildman–Crippen MR) is 148 cm³/mol. The predicted octanol–water partition coefficient (Wildman–Crippen LogP) is 2.23. The maximum Gasteiger partial charge on any atom is 0.467 e. The molecular weight excluding hydrogens is 1110 g/mol. The summed E-state index contributed by atoms with van der Waals surface area (Å²) in [6, 6.07) is 0. The normalized spacial score (nSPS) is 18.2. The van der Waals surface area contributed by atoms with Gasteiger partial charge in [-0.1, -0.05) is 57.3 Å². The van der Waals surface area contributed by atoms with Crippen LogP contribution in [-0.2, 0) is 47.2 Å². The van der Waals surface area contributed by atoms with Crippen molar-refractivity contribution >= 4 is 25.7 Å². The van der Waals surface area contributed by atoms with Crippen molar-refractivity contribution in [1.82, 2.24) is 0 Å². The Morgan fingerprint density at radius 1 is 0.909 bits per heavy atom. The minimum absolute atomic E-state index is 0. The number of phosphoric ester groups is 1. The molecule has 1 rings (SSSR count). The molecule has 0 radical (unpaired) electrons. The van der Waals surface area contributed by atoms with E-state index in [-0.39, 0.29) is 71.4 Å². The van der Waals surface area contributed by atoms with Gasteiger partial charge in [0.1, 0.15) is 6.61 Å². The summed E-state index contributed by atoms with van der Waals surface area (Å²) in [5.41, 5.74) is 0. The van der Waals surface area contributed by atoms with Gasteiger partial charge in [0, 0.05) is 5.92 Å². The van der Waals surface area contributed by atoms with Crippen LogP contribution in [0.5, 0.6) is 0 Å². The van der Waals surface area contributed by atoms with Gasteiger partial charge in [-0.3, -0.25) is 14.4 Å². The SMILES string of the molecule is [CH2-]C(CC(C[C-]1C(=O)OCCCCCCCCCC1OP(=O)(O)O)C(=O)OCCOCCOCCOCCO)C(=O)O.[Rf].[Rf]. The smallest absolute Gasteiger partial charge is 0.467 e. The van der Waals surface area contributed by atoms with Crippen LogP contribution in [0.1, 0.15) is 64.2 Å². The summed E-state index contributed by atoms with van der Waals surface area (Å²) in [7, 11) is -5.03. The van der Waals surface area contributed by atoms with E-state index >= 15 is 0 Å². The monoisotopic (exact) mass is 1160 g/mol. The van der Waals surface area contributed by atoms with Crippen LogP contribution in [0.3, 0.4) is 0 Å². The summed E-state index contributed by atoms with van der Waals surface area (Å²) in [5, 5.41) is 18.0. The fourth-order valence-corrected chi connectivity index (χ4v) is 4.84. The Morgan fingerprint density at radius 2 is 1.43 bits per heavy atom. The number of aliphatic carboxylic acids is 1. The fraction of sp³-hybridized carbons (Fsp3) is 0.815. The van der Waals surface area contributed by atoms with Crippen LogP contribution < -0.4 is 0 Å². The summed E-state index contributed by atoms with van der Waals surface area (Å²) in [4.78, 5) is 56.8. The molecular formula is C27H47O14PRf2-2. The van der Waals surface area contributed by atoms with Gasteiger partial charge in [-0.15, -0.1) is 6.42 Å². The van der Waals surface area contributed by atoms with Crippen molar-refractivity contribution in [3.05, 3.63) is 12.8 Å². The summed E-state index contributed by atoms with van der Waals surface area (Å²) in [5.74, 6) is -5.48. The molecule has 0 amide bonds.